The minimum absolute atomic E-state index is 0.326. The van der Waals surface area contributed by atoms with Crippen molar-refractivity contribution in [3.05, 3.63) is 65.5 Å². The molecule has 0 bridgehead atoms. The highest BCUT2D eigenvalue weighted by Gasteiger charge is 2.14. The predicted octanol–water partition coefficient (Wildman–Crippen LogP) is 4.29. The Balaban J connectivity index is 2.19. The zero-order chi connectivity index (χ0) is 14.8. The van der Waals surface area contributed by atoms with Crippen molar-refractivity contribution in [1.29, 1.82) is 0 Å². The molecule has 0 atom stereocenters. The van der Waals surface area contributed by atoms with E-state index in [2.05, 4.69) is 60.4 Å². The summed E-state index contributed by atoms with van der Waals surface area (Å²) in [5.41, 5.74) is 4.48. The zero-order valence-electron chi connectivity index (χ0n) is 12.0. The molecule has 106 valence electrons. The van der Waals surface area contributed by atoms with Gasteiger partial charge in [-0.15, -0.1) is 21.8 Å². The monoisotopic (exact) mass is 297 g/mol. The Labute approximate surface area is 129 Å². The van der Waals surface area contributed by atoms with E-state index in [9.17, 15) is 0 Å². The van der Waals surface area contributed by atoms with Gasteiger partial charge in [-0.2, -0.15) is 0 Å². The maximum atomic E-state index is 6.02. The van der Waals surface area contributed by atoms with E-state index in [1.807, 2.05) is 16.7 Å². The van der Waals surface area contributed by atoms with Crippen LogP contribution in [0.3, 0.4) is 0 Å². The standard InChI is InChI=1S/C17H16ClN3/c1-12-6-8-15(9-7-12)21-16(11-18)19-20-17(21)14-5-3-4-13(2)10-14/h3-10H,11H2,1-2H3. The van der Waals surface area contributed by atoms with Gasteiger partial charge in [0.15, 0.2) is 11.6 Å². The lowest BCUT2D eigenvalue weighted by molar-refractivity contribution is 0.952. The van der Waals surface area contributed by atoms with E-state index in [-0.39, 0.29) is 0 Å². The fourth-order valence-electron chi connectivity index (χ4n) is 2.34. The Bertz CT molecular complexity index is 760. The molecule has 0 unspecified atom stereocenters. The first kappa shape index (κ1) is 13.8. The molecule has 3 rings (SSSR count). The van der Waals surface area contributed by atoms with Gasteiger partial charge in [0.25, 0.3) is 0 Å². The number of alkyl halides is 1. The molecule has 2 aromatic carbocycles. The number of aromatic nitrogens is 3. The minimum atomic E-state index is 0.326. The van der Waals surface area contributed by atoms with Crippen LogP contribution in [0.15, 0.2) is 48.5 Å². The number of benzene rings is 2. The van der Waals surface area contributed by atoms with Crippen molar-refractivity contribution in [2.24, 2.45) is 0 Å². The smallest absolute Gasteiger partial charge is 0.168 e. The van der Waals surface area contributed by atoms with Crippen LogP contribution in [0.5, 0.6) is 0 Å². The van der Waals surface area contributed by atoms with E-state index in [1.54, 1.807) is 0 Å². The second-order valence-corrected chi connectivity index (χ2v) is 5.38. The molecule has 4 heteroatoms. The van der Waals surface area contributed by atoms with E-state index >= 15 is 0 Å². The van der Waals surface area contributed by atoms with Crippen molar-refractivity contribution in [2.45, 2.75) is 19.7 Å². The molecule has 0 radical (unpaired) electrons. The molecule has 0 aliphatic rings. The largest absolute Gasteiger partial charge is 0.278 e. The van der Waals surface area contributed by atoms with Crippen LogP contribution in [-0.2, 0) is 5.88 Å². The van der Waals surface area contributed by atoms with Crippen LogP contribution < -0.4 is 0 Å². The highest BCUT2D eigenvalue weighted by atomic mass is 35.5. The molecule has 1 heterocycles. The number of rotatable bonds is 3. The Hall–Kier alpha value is -2.13. The molecule has 0 amide bonds. The summed E-state index contributed by atoms with van der Waals surface area (Å²) in [6, 6.07) is 16.5. The van der Waals surface area contributed by atoms with Crippen molar-refractivity contribution >= 4 is 11.6 Å². The summed E-state index contributed by atoms with van der Waals surface area (Å²) in [4.78, 5) is 0. The van der Waals surface area contributed by atoms with Gasteiger partial charge in [0, 0.05) is 11.3 Å². The molecule has 0 saturated carbocycles. The van der Waals surface area contributed by atoms with Gasteiger partial charge < -0.3 is 0 Å². The average molecular weight is 298 g/mol. The second-order valence-electron chi connectivity index (χ2n) is 5.11. The predicted molar refractivity (Wildman–Crippen MR) is 85.8 cm³/mol. The van der Waals surface area contributed by atoms with Crippen LogP contribution in [0, 0.1) is 13.8 Å². The molecule has 3 nitrogen and oxygen atoms in total. The van der Waals surface area contributed by atoms with Gasteiger partial charge >= 0.3 is 0 Å². The summed E-state index contributed by atoms with van der Waals surface area (Å²) in [5.74, 6) is 1.89. The van der Waals surface area contributed by atoms with Crippen LogP contribution in [0.2, 0.25) is 0 Å². The fraction of sp³-hybridized carbons (Fsp3) is 0.176. The lowest BCUT2D eigenvalue weighted by Crippen LogP contribution is -2.01. The van der Waals surface area contributed by atoms with E-state index in [1.165, 1.54) is 11.1 Å². The van der Waals surface area contributed by atoms with Crippen LogP contribution in [0.1, 0.15) is 17.0 Å². The first-order chi connectivity index (χ1) is 10.2. The third kappa shape index (κ3) is 2.69. The van der Waals surface area contributed by atoms with Gasteiger partial charge in [-0.25, -0.2) is 0 Å². The highest BCUT2D eigenvalue weighted by Crippen LogP contribution is 2.24. The van der Waals surface area contributed by atoms with Gasteiger partial charge in [0.1, 0.15) is 0 Å². The molecule has 1 aromatic heterocycles. The summed E-state index contributed by atoms with van der Waals surface area (Å²) in [5, 5.41) is 8.55. The summed E-state index contributed by atoms with van der Waals surface area (Å²) < 4.78 is 2.02. The normalized spacial score (nSPS) is 10.8. The Morgan fingerprint density at radius 3 is 2.38 bits per heavy atom. The molecule has 0 N–H and O–H groups in total. The third-order valence-corrected chi connectivity index (χ3v) is 3.66. The van der Waals surface area contributed by atoms with Crippen LogP contribution in [0.4, 0.5) is 0 Å². The van der Waals surface area contributed by atoms with Crippen molar-refractivity contribution < 1.29 is 0 Å². The molecule has 3 aromatic rings. The van der Waals surface area contributed by atoms with Gasteiger partial charge in [-0.1, -0.05) is 41.5 Å². The SMILES string of the molecule is Cc1ccc(-n2c(CCl)nnc2-c2cccc(C)c2)cc1. The summed E-state index contributed by atoms with van der Waals surface area (Å²) in [6.07, 6.45) is 0. The number of hydrogen-bond acceptors (Lipinski definition) is 2. The molecular weight excluding hydrogens is 282 g/mol. The minimum Gasteiger partial charge on any atom is -0.278 e. The number of hydrogen-bond donors (Lipinski definition) is 0. The first-order valence-corrected chi connectivity index (χ1v) is 7.37. The van der Waals surface area contributed by atoms with Crippen LogP contribution in [-0.4, -0.2) is 14.8 Å². The van der Waals surface area contributed by atoms with E-state index in [0.717, 1.165) is 22.9 Å². The van der Waals surface area contributed by atoms with Gasteiger partial charge in [0.05, 0.1) is 5.88 Å². The van der Waals surface area contributed by atoms with Gasteiger partial charge in [0.2, 0.25) is 0 Å². The third-order valence-electron chi connectivity index (χ3n) is 3.42. The Morgan fingerprint density at radius 2 is 1.71 bits per heavy atom. The van der Waals surface area contributed by atoms with Crippen LogP contribution in [0.25, 0.3) is 17.1 Å². The lowest BCUT2D eigenvalue weighted by atomic mass is 10.1. The molecule has 0 aliphatic heterocycles. The molecule has 0 saturated heterocycles. The van der Waals surface area contributed by atoms with Crippen molar-refractivity contribution in [2.75, 3.05) is 0 Å². The summed E-state index contributed by atoms with van der Waals surface area (Å²) >= 11 is 6.02. The number of aryl methyl sites for hydroxylation is 2. The first-order valence-electron chi connectivity index (χ1n) is 6.83. The number of halogens is 1. The van der Waals surface area contributed by atoms with Crippen molar-refractivity contribution in [1.82, 2.24) is 14.8 Å². The Morgan fingerprint density at radius 1 is 0.952 bits per heavy atom. The fourth-order valence-corrected chi connectivity index (χ4v) is 2.51. The maximum absolute atomic E-state index is 6.02. The summed E-state index contributed by atoms with van der Waals surface area (Å²) in [6.45, 7) is 4.14. The molecule has 0 fully saturated rings. The van der Waals surface area contributed by atoms with Gasteiger partial charge in [-0.05, 0) is 32.0 Å². The lowest BCUT2D eigenvalue weighted by Gasteiger charge is -2.10. The van der Waals surface area contributed by atoms with Crippen LogP contribution >= 0.6 is 11.6 Å². The molecular formula is C17H16ClN3. The number of nitrogens with zero attached hydrogens (tertiary/aromatic N) is 3. The van der Waals surface area contributed by atoms with Crippen molar-refractivity contribution in [3.8, 4) is 17.1 Å². The molecule has 0 aliphatic carbocycles. The summed E-state index contributed by atoms with van der Waals surface area (Å²) in [7, 11) is 0. The topological polar surface area (TPSA) is 30.7 Å². The zero-order valence-corrected chi connectivity index (χ0v) is 12.8. The second kappa shape index (κ2) is 5.70. The quantitative estimate of drug-likeness (QED) is 0.675. The van der Waals surface area contributed by atoms with E-state index < -0.39 is 0 Å². The van der Waals surface area contributed by atoms with Gasteiger partial charge in [-0.3, -0.25) is 4.57 Å². The highest BCUT2D eigenvalue weighted by molar-refractivity contribution is 6.16. The molecule has 0 spiro atoms. The Kier molecular flexibility index (Phi) is 3.76. The van der Waals surface area contributed by atoms with Crippen molar-refractivity contribution in [3.63, 3.8) is 0 Å². The van der Waals surface area contributed by atoms with E-state index in [0.29, 0.717) is 5.88 Å². The molecule has 21 heavy (non-hydrogen) atoms. The average Bonchev–Trinajstić information content (AvgIpc) is 2.92. The van der Waals surface area contributed by atoms with E-state index in [4.69, 9.17) is 11.6 Å². The maximum Gasteiger partial charge on any atom is 0.168 e.